The van der Waals surface area contributed by atoms with Gasteiger partial charge in [-0.15, -0.1) is 0 Å². The predicted molar refractivity (Wildman–Crippen MR) is 142 cm³/mol. The predicted octanol–water partition coefficient (Wildman–Crippen LogP) is 2.56. The number of rotatable bonds is 10. The highest BCUT2D eigenvalue weighted by Crippen LogP contribution is 2.22. The first-order valence-electron chi connectivity index (χ1n) is 13.2. The normalized spacial score (nSPS) is 21.4. The lowest BCUT2D eigenvalue weighted by Crippen LogP contribution is -2.54. The van der Waals surface area contributed by atoms with Gasteiger partial charge in [0.2, 0.25) is 18.1 Å². The van der Waals surface area contributed by atoms with E-state index in [9.17, 15) is 19.2 Å². The number of hydrogen-bond acceptors (Lipinski definition) is 7. The van der Waals surface area contributed by atoms with Crippen LogP contribution in [-0.2, 0) is 30.5 Å². The zero-order chi connectivity index (χ0) is 27.9. The standard InChI is InChI=1S/C29H35N3O7/c1-18(2)38-22-12-7-11-21(15-22)26(34)30-19(3)28(36)32-14-8-13-24(32)27(35)31-23-16-25(33)39-29(23)37-17-20-9-5-4-6-10-20/h4-7,9-12,15,18-19,23-24,29H,8,13-14,16-17H2,1-3H3,(H,30,34)(H,31,35)/t19-,23-,24-,29?/m0/s1. The number of esters is 1. The number of carbonyl (C=O) groups is 4. The Morgan fingerprint density at radius 1 is 1.08 bits per heavy atom. The summed E-state index contributed by atoms with van der Waals surface area (Å²) in [6.07, 6.45) is 0.150. The number of cyclic esters (lactones) is 1. The van der Waals surface area contributed by atoms with Crippen LogP contribution in [0.25, 0.3) is 0 Å². The van der Waals surface area contributed by atoms with Gasteiger partial charge in [-0.2, -0.15) is 0 Å². The van der Waals surface area contributed by atoms with Gasteiger partial charge < -0.3 is 29.7 Å². The van der Waals surface area contributed by atoms with Gasteiger partial charge >= 0.3 is 5.97 Å². The molecule has 2 aromatic rings. The van der Waals surface area contributed by atoms with Gasteiger partial charge in [0.15, 0.2) is 0 Å². The first-order chi connectivity index (χ1) is 18.7. The van der Waals surface area contributed by atoms with Crippen molar-refractivity contribution in [1.82, 2.24) is 15.5 Å². The molecule has 10 heteroatoms. The van der Waals surface area contributed by atoms with Crippen LogP contribution in [0.2, 0.25) is 0 Å². The molecular formula is C29H35N3O7. The maximum absolute atomic E-state index is 13.3. The van der Waals surface area contributed by atoms with Crippen LogP contribution in [-0.4, -0.2) is 65.7 Å². The molecule has 2 saturated heterocycles. The largest absolute Gasteiger partial charge is 0.491 e. The van der Waals surface area contributed by atoms with E-state index in [-0.39, 0.29) is 30.9 Å². The quantitative estimate of drug-likeness (QED) is 0.447. The summed E-state index contributed by atoms with van der Waals surface area (Å²) in [6.45, 7) is 6.00. The second-order valence-electron chi connectivity index (χ2n) is 10.1. The first-order valence-corrected chi connectivity index (χ1v) is 13.2. The number of benzene rings is 2. The Labute approximate surface area is 228 Å². The molecule has 2 heterocycles. The van der Waals surface area contributed by atoms with Crippen molar-refractivity contribution in [1.29, 1.82) is 0 Å². The number of carbonyl (C=O) groups excluding carboxylic acids is 4. The molecule has 0 spiro atoms. The molecule has 0 aromatic heterocycles. The number of amides is 3. The molecule has 2 aliphatic rings. The van der Waals surface area contributed by atoms with Gasteiger partial charge in [-0.1, -0.05) is 36.4 Å². The molecule has 39 heavy (non-hydrogen) atoms. The van der Waals surface area contributed by atoms with E-state index in [1.807, 2.05) is 44.2 Å². The summed E-state index contributed by atoms with van der Waals surface area (Å²) < 4.78 is 16.7. The zero-order valence-corrected chi connectivity index (χ0v) is 22.4. The van der Waals surface area contributed by atoms with Gasteiger partial charge in [-0.25, -0.2) is 0 Å². The van der Waals surface area contributed by atoms with Crippen molar-refractivity contribution in [2.45, 2.75) is 77.2 Å². The summed E-state index contributed by atoms with van der Waals surface area (Å²) in [5.74, 6) is -1.05. The minimum atomic E-state index is -0.916. The molecule has 4 atom stereocenters. The lowest BCUT2D eigenvalue weighted by atomic mass is 10.1. The van der Waals surface area contributed by atoms with E-state index in [0.717, 1.165) is 5.56 Å². The lowest BCUT2D eigenvalue weighted by Gasteiger charge is -2.28. The fourth-order valence-corrected chi connectivity index (χ4v) is 4.71. The summed E-state index contributed by atoms with van der Waals surface area (Å²) >= 11 is 0. The SMILES string of the molecule is CC(C)Oc1cccc(C(=O)N[C@@H](C)C(=O)N2CCC[C@H]2C(=O)N[C@H]2CC(=O)OC2OCc2ccccc2)c1. The van der Waals surface area contributed by atoms with Crippen molar-refractivity contribution >= 4 is 23.7 Å². The number of ether oxygens (including phenoxy) is 3. The molecule has 0 radical (unpaired) electrons. The maximum atomic E-state index is 13.3. The average molecular weight is 538 g/mol. The lowest BCUT2D eigenvalue weighted by molar-refractivity contribution is -0.168. The van der Waals surface area contributed by atoms with Crippen molar-refractivity contribution in [3.05, 3.63) is 65.7 Å². The fourth-order valence-electron chi connectivity index (χ4n) is 4.71. The number of nitrogens with one attached hydrogen (secondary N) is 2. The van der Waals surface area contributed by atoms with Gasteiger partial charge in [0.1, 0.15) is 23.9 Å². The topological polar surface area (TPSA) is 123 Å². The summed E-state index contributed by atoms with van der Waals surface area (Å²) in [7, 11) is 0. The van der Waals surface area contributed by atoms with Crippen molar-refractivity contribution in [2.24, 2.45) is 0 Å². The van der Waals surface area contributed by atoms with Crippen LogP contribution in [0.15, 0.2) is 54.6 Å². The van der Waals surface area contributed by atoms with Gasteiger partial charge in [0.25, 0.3) is 5.91 Å². The van der Waals surface area contributed by atoms with Crippen LogP contribution >= 0.6 is 0 Å². The van der Waals surface area contributed by atoms with Crippen LogP contribution in [0, 0.1) is 0 Å². The summed E-state index contributed by atoms with van der Waals surface area (Å²) in [5.41, 5.74) is 1.28. The Morgan fingerprint density at radius 2 is 1.85 bits per heavy atom. The van der Waals surface area contributed by atoms with Crippen molar-refractivity contribution < 1.29 is 33.4 Å². The van der Waals surface area contributed by atoms with E-state index in [0.29, 0.717) is 30.7 Å². The number of hydrogen-bond donors (Lipinski definition) is 2. The second kappa shape index (κ2) is 12.8. The molecule has 2 fully saturated rings. The molecule has 0 saturated carbocycles. The van der Waals surface area contributed by atoms with E-state index >= 15 is 0 Å². The van der Waals surface area contributed by atoms with Crippen LogP contribution in [0.4, 0.5) is 0 Å². The molecule has 4 rings (SSSR count). The van der Waals surface area contributed by atoms with E-state index in [4.69, 9.17) is 14.2 Å². The summed E-state index contributed by atoms with van der Waals surface area (Å²) in [4.78, 5) is 52.7. The van der Waals surface area contributed by atoms with E-state index in [2.05, 4.69) is 10.6 Å². The van der Waals surface area contributed by atoms with Crippen molar-refractivity contribution in [3.8, 4) is 5.75 Å². The smallest absolute Gasteiger partial charge is 0.310 e. The Bertz CT molecular complexity index is 1190. The number of likely N-dealkylation sites (tertiary alicyclic amines) is 1. The van der Waals surface area contributed by atoms with Crippen molar-refractivity contribution in [3.63, 3.8) is 0 Å². The first kappa shape index (κ1) is 28.1. The van der Waals surface area contributed by atoms with E-state index in [1.165, 1.54) is 4.90 Å². The average Bonchev–Trinajstić information content (AvgIpc) is 3.54. The minimum absolute atomic E-state index is 0.0160. The molecule has 10 nitrogen and oxygen atoms in total. The van der Waals surface area contributed by atoms with Crippen LogP contribution in [0.3, 0.4) is 0 Å². The minimum Gasteiger partial charge on any atom is -0.491 e. The highest BCUT2D eigenvalue weighted by atomic mass is 16.7. The summed E-state index contributed by atoms with van der Waals surface area (Å²) in [6, 6.07) is 14.0. The van der Waals surface area contributed by atoms with E-state index < -0.39 is 36.3 Å². The molecule has 0 aliphatic carbocycles. The van der Waals surface area contributed by atoms with Crippen molar-refractivity contribution in [2.75, 3.05) is 6.54 Å². The molecule has 2 aromatic carbocycles. The molecule has 2 aliphatic heterocycles. The Hall–Kier alpha value is -3.92. The Morgan fingerprint density at radius 3 is 2.59 bits per heavy atom. The van der Waals surface area contributed by atoms with Gasteiger partial charge in [-0.05, 0) is 57.4 Å². The Balaban J connectivity index is 1.33. The van der Waals surface area contributed by atoms with E-state index in [1.54, 1.807) is 31.2 Å². The molecule has 2 N–H and O–H groups in total. The zero-order valence-electron chi connectivity index (χ0n) is 22.4. The monoisotopic (exact) mass is 537 g/mol. The molecule has 3 amide bonds. The second-order valence-corrected chi connectivity index (χ2v) is 10.1. The fraction of sp³-hybridized carbons (Fsp3) is 0.448. The number of nitrogens with zero attached hydrogens (tertiary/aromatic N) is 1. The third-order valence-electron chi connectivity index (χ3n) is 6.57. The van der Waals surface area contributed by atoms with Gasteiger partial charge in [0.05, 0.1) is 19.1 Å². The highest BCUT2D eigenvalue weighted by molar-refractivity contribution is 5.98. The molecule has 1 unspecified atom stereocenters. The van der Waals surface area contributed by atoms with Crippen LogP contribution < -0.4 is 15.4 Å². The Kier molecular flexibility index (Phi) is 9.19. The third kappa shape index (κ3) is 7.35. The molecule has 0 bridgehead atoms. The van der Waals surface area contributed by atoms with Crippen LogP contribution in [0.1, 0.15) is 56.0 Å². The van der Waals surface area contributed by atoms with Crippen LogP contribution in [0.5, 0.6) is 5.75 Å². The molecule has 208 valence electrons. The summed E-state index contributed by atoms with van der Waals surface area (Å²) in [5, 5.41) is 5.57. The third-order valence-corrected chi connectivity index (χ3v) is 6.57. The van der Waals surface area contributed by atoms with Gasteiger partial charge in [-0.3, -0.25) is 19.2 Å². The maximum Gasteiger partial charge on any atom is 0.310 e. The molecular weight excluding hydrogens is 502 g/mol. The highest BCUT2D eigenvalue weighted by Gasteiger charge is 2.41. The van der Waals surface area contributed by atoms with Gasteiger partial charge in [0, 0.05) is 12.1 Å².